The lowest BCUT2D eigenvalue weighted by molar-refractivity contribution is -0.384. The highest BCUT2D eigenvalue weighted by molar-refractivity contribution is 7.89. The van der Waals surface area contributed by atoms with Crippen LogP contribution in [0, 0.1) is 10.1 Å². The lowest BCUT2D eigenvalue weighted by Crippen LogP contribution is -2.40. The average molecular weight is 437 g/mol. The molecule has 0 bridgehead atoms. The predicted octanol–water partition coefficient (Wildman–Crippen LogP) is 2.25. The number of nitro benzene ring substituents is 1. The molecule has 1 aliphatic heterocycles. The Morgan fingerprint density at radius 2 is 1.87 bits per heavy atom. The van der Waals surface area contributed by atoms with E-state index in [0.29, 0.717) is 24.7 Å². The first-order chi connectivity index (χ1) is 14.4. The highest BCUT2D eigenvalue weighted by Crippen LogP contribution is 2.31. The second kappa shape index (κ2) is 9.28. The van der Waals surface area contributed by atoms with E-state index in [9.17, 15) is 18.5 Å². The van der Waals surface area contributed by atoms with Gasteiger partial charge in [0.1, 0.15) is 17.2 Å². The fraction of sp³-hybridized carbons (Fsp3) is 0.368. The summed E-state index contributed by atoms with van der Waals surface area (Å²) in [6.45, 7) is 1.24. The molecule has 2 aromatic carbocycles. The Hall–Kier alpha value is -2.89. The summed E-state index contributed by atoms with van der Waals surface area (Å²) in [7, 11) is -0.771. The van der Waals surface area contributed by atoms with Crippen LogP contribution in [0.2, 0.25) is 0 Å². The molecule has 11 heteroatoms. The Bertz CT molecular complexity index is 1020. The molecule has 0 amide bonds. The van der Waals surface area contributed by atoms with Gasteiger partial charge in [0, 0.05) is 31.3 Å². The number of hydrogen-bond acceptors (Lipinski definition) is 8. The molecule has 1 fully saturated rings. The lowest BCUT2D eigenvalue weighted by atomic mass is 10.1. The number of sulfonamides is 1. The zero-order valence-electron chi connectivity index (χ0n) is 16.7. The largest absolute Gasteiger partial charge is 0.497 e. The summed E-state index contributed by atoms with van der Waals surface area (Å²) in [4.78, 5) is 10.9. The molecule has 1 heterocycles. The number of morpholine rings is 1. The van der Waals surface area contributed by atoms with Crippen molar-refractivity contribution >= 4 is 21.4 Å². The number of nitrogens with one attached hydrogen (secondary N) is 1. The first-order valence-electron chi connectivity index (χ1n) is 9.18. The van der Waals surface area contributed by atoms with Gasteiger partial charge in [-0.2, -0.15) is 4.31 Å². The molecule has 162 valence electrons. The first kappa shape index (κ1) is 21.8. The van der Waals surface area contributed by atoms with Crippen LogP contribution in [0.1, 0.15) is 5.56 Å². The summed E-state index contributed by atoms with van der Waals surface area (Å²) in [5.74, 6) is 1.21. The molecule has 1 N–H and O–H groups in total. The topological polar surface area (TPSA) is 120 Å². The van der Waals surface area contributed by atoms with Gasteiger partial charge in [0.15, 0.2) is 0 Å². The van der Waals surface area contributed by atoms with Gasteiger partial charge >= 0.3 is 0 Å². The van der Waals surface area contributed by atoms with Crippen molar-refractivity contribution in [1.29, 1.82) is 0 Å². The Labute approximate surface area is 174 Å². The third kappa shape index (κ3) is 4.64. The van der Waals surface area contributed by atoms with Crippen molar-refractivity contribution in [2.24, 2.45) is 0 Å². The van der Waals surface area contributed by atoms with Gasteiger partial charge in [-0.1, -0.05) is 0 Å². The maximum absolute atomic E-state index is 12.8. The van der Waals surface area contributed by atoms with Gasteiger partial charge in [-0.25, -0.2) is 8.42 Å². The van der Waals surface area contributed by atoms with E-state index in [2.05, 4.69) is 5.32 Å². The number of rotatable bonds is 8. The summed E-state index contributed by atoms with van der Waals surface area (Å²) in [6, 6.07) is 9.09. The molecular weight excluding hydrogens is 414 g/mol. The van der Waals surface area contributed by atoms with Crippen LogP contribution in [-0.4, -0.2) is 58.2 Å². The van der Waals surface area contributed by atoms with Gasteiger partial charge in [0.2, 0.25) is 10.0 Å². The molecule has 30 heavy (non-hydrogen) atoms. The Balaban J connectivity index is 1.87. The smallest absolute Gasteiger partial charge is 0.293 e. The predicted molar refractivity (Wildman–Crippen MR) is 110 cm³/mol. The number of ether oxygens (including phenoxy) is 3. The molecule has 2 aromatic rings. The van der Waals surface area contributed by atoms with Gasteiger partial charge in [-0.05, 0) is 30.3 Å². The second-order valence-corrected chi connectivity index (χ2v) is 8.42. The molecule has 0 radical (unpaired) electrons. The second-order valence-electron chi connectivity index (χ2n) is 6.48. The highest BCUT2D eigenvalue weighted by atomic mass is 32.2. The Kier molecular flexibility index (Phi) is 6.75. The maximum atomic E-state index is 12.8. The van der Waals surface area contributed by atoms with Gasteiger partial charge < -0.3 is 19.5 Å². The monoisotopic (exact) mass is 437 g/mol. The minimum absolute atomic E-state index is 0.124. The molecule has 10 nitrogen and oxygen atoms in total. The quantitative estimate of drug-likeness (QED) is 0.493. The standard InChI is InChI=1S/C19H23N3O7S/c1-27-15-3-6-19(28-2)14(11-15)13-20-17-5-4-16(12-18(17)22(23)24)30(25,26)21-7-9-29-10-8-21/h3-6,11-12,20H,7-10,13H2,1-2H3. The Morgan fingerprint density at radius 1 is 1.13 bits per heavy atom. The van der Waals surface area contributed by atoms with E-state index in [1.54, 1.807) is 18.2 Å². The fourth-order valence-corrected chi connectivity index (χ4v) is 4.55. The molecule has 0 saturated carbocycles. The molecule has 1 aliphatic rings. The van der Waals surface area contributed by atoms with Crippen LogP contribution in [0.5, 0.6) is 11.5 Å². The van der Waals surface area contributed by atoms with Crippen molar-refractivity contribution in [3.63, 3.8) is 0 Å². The van der Waals surface area contributed by atoms with Crippen molar-refractivity contribution in [2.45, 2.75) is 11.4 Å². The summed E-state index contributed by atoms with van der Waals surface area (Å²) in [5, 5.41) is 14.6. The number of benzene rings is 2. The molecule has 3 rings (SSSR count). The highest BCUT2D eigenvalue weighted by Gasteiger charge is 2.28. The molecule has 0 spiro atoms. The molecule has 0 aromatic heterocycles. The van der Waals surface area contributed by atoms with Crippen LogP contribution in [0.3, 0.4) is 0 Å². The van der Waals surface area contributed by atoms with Crippen LogP contribution in [0.25, 0.3) is 0 Å². The molecule has 0 atom stereocenters. The third-order valence-corrected chi connectivity index (χ3v) is 6.63. The molecule has 1 saturated heterocycles. The normalized spacial score (nSPS) is 14.9. The summed E-state index contributed by atoms with van der Waals surface area (Å²) in [5.41, 5.74) is 0.605. The van der Waals surface area contributed by atoms with Crippen molar-refractivity contribution in [3.05, 3.63) is 52.1 Å². The summed E-state index contributed by atoms with van der Waals surface area (Å²) >= 11 is 0. The summed E-state index contributed by atoms with van der Waals surface area (Å²) < 4.78 is 42.6. The minimum Gasteiger partial charge on any atom is -0.497 e. The van der Waals surface area contributed by atoms with Crippen LogP contribution < -0.4 is 14.8 Å². The zero-order chi connectivity index (χ0) is 21.7. The van der Waals surface area contributed by atoms with Crippen LogP contribution in [-0.2, 0) is 21.3 Å². The van der Waals surface area contributed by atoms with E-state index in [4.69, 9.17) is 14.2 Å². The Morgan fingerprint density at radius 3 is 2.50 bits per heavy atom. The van der Waals surface area contributed by atoms with Crippen molar-refractivity contribution in [3.8, 4) is 11.5 Å². The number of nitrogens with zero attached hydrogens (tertiary/aromatic N) is 2. The van der Waals surface area contributed by atoms with Gasteiger partial charge in [-0.15, -0.1) is 0 Å². The van der Waals surface area contributed by atoms with Crippen LogP contribution in [0.4, 0.5) is 11.4 Å². The van der Waals surface area contributed by atoms with Gasteiger partial charge in [-0.3, -0.25) is 10.1 Å². The van der Waals surface area contributed by atoms with Gasteiger partial charge in [0.05, 0.1) is 37.3 Å². The molecule has 0 aliphatic carbocycles. The molecule has 0 unspecified atom stereocenters. The van der Waals surface area contributed by atoms with Crippen LogP contribution >= 0.6 is 0 Å². The lowest BCUT2D eigenvalue weighted by Gasteiger charge is -2.26. The van der Waals surface area contributed by atoms with E-state index >= 15 is 0 Å². The average Bonchev–Trinajstić information content (AvgIpc) is 2.77. The molecular formula is C19H23N3O7S. The first-order valence-corrected chi connectivity index (χ1v) is 10.6. The number of hydrogen-bond donors (Lipinski definition) is 1. The summed E-state index contributed by atoms with van der Waals surface area (Å²) in [6.07, 6.45) is 0. The SMILES string of the molecule is COc1ccc(OC)c(CNc2ccc(S(=O)(=O)N3CCOCC3)cc2[N+](=O)[O-])c1. The maximum Gasteiger partial charge on any atom is 0.293 e. The number of nitro groups is 1. The van der Waals surface area contributed by atoms with Crippen molar-refractivity contribution < 1.29 is 27.6 Å². The van der Waals surface area contributed by atoms with Crippen LogP contribution in [0.15, 0.2) is 41.3 Å². The van der Waals surface area contributed by atoms with E-state index in [0.717, 1.165) is 11.6 Å². The van der Waals surface area contributed by atoms with Crippen molar-refractivity contribution in [1.82, 2.24) is 4.31 Å². The van der Waals surface area contributed by atoms with E-state index in [-0.39, 0.29) is 35.9 Å². The van der Waals surface area contributed by atoms with E-state index in [1.165, 1.54) is 30.7 Å². The number of methoxy groups -OCH3 is 2. The van der Waals surface area contributed by atoms with E-state index < -0.39 is 14.9 Å². The van der Waals surface area contributed by atoms with Crippen molar-refractivity contribution in [2.75, 3.05) is 45.8 Å². The van der Waals surface area contributed by atoms with Gasteiger partial charge in [0.25, 0.3) is 5.69 Å². The minimum atomic E-state index is -3.84. The third-order valence-electron chi connectivity index (χ3n) is 4.73. The fourth-order valence-electron chi connectivity index (χ4n) is 3.12. The van der Waals surface area contributed by atoms with E-state index in [1.807, 2.05) is 0 Å². The number of anilines is 1. The zero-order valence-corrected chi connectivity index (χ0v) is 17.5.